The number of carbonyl (C=O) groups is 2. The molecule has 2 aromatic rings. The highest BCUT2D eigenvalue weighted by Gasteiger charge is 2.08. The van der Waals surface area contributed by atoms with Crippen molar-refractivity contribution in [3.63, 3.8) is 0 Å². The van der Waals surface area contributed by atoms with E-state index in [0.29, 0.717) is 23.4 Å². The molecule has 0 aliphatic rings. The zero-order valence-electron chi connectivity index (χ0n) is 14.0. The van der Waals surface area contributed by atoms with Crippen LogP contribution >= 0.6 is 0 Å². The van der Waals surface area contributed by atoms with Gasteiger partial charge in [-0.15, -0.1) is 0 Å². The molecule has 0 saturated heterocycles. The molecule has 1 N–H and O–H groups in total. The van der Waals surface area contributed by atoms with Gasteiger partial charge in [0.25, 0.3) is 0 Å². The lowest BCUT2D eigenvalue weighted by molar-refractivity contribution is -0.111. The predicted octanol–water partition coefficient (Wildman–Crippen LogP) is 4.43. The van der Waals surface area contributed by atoms with E-state index in [1.165, 1.54) is 18.2 Å². The number of hydrogen-bond acceptors (Lipinski definition) is 3. The first-order valence-electron chi connectivity index (χ1n) is 8.10. The summed E-state index contributed by atoms with van der Waals surface area (Å²) in [5, 5.41) is 2.68. The minimum Gasteiger partial charge on any atom is -0.462 e. The van der Waals surface area contributed by atoms with Crippen molar-refractivity contribution < 1.29 is 18.7 Å². The maximum absolute atomic E-state index is 12.8. The van der Waals surface area contributed by atoms with E-state index in [-0.39, 0.29) is 11.7 Å². The fourth-order valence-corrected chi connectivity index (χ4v) is 2.05. The molecule has 0 heterocycles. The molecule has 0 bridgehead atoms. The second kappa shape index (κ2) is 9.37. The molecule has 0 fully saturated rings. The molecule has 4 nitrogen and oxygen atoms in total. The molecule has 0 aromatic heterocycles. The van der Waals surface area contributed by atoms with E-state index in [2.05, 4.69) is 5.32 Å². The Bertz CT molecular complexity index is 754. The van der Waals surface area contributed by atoms with Gasteiger partial charge in [-0.3, -0.25) is 4.79 Å². The number of amides is 1. The van der Waals surface area contributed by atoms with Crippen LogP contribution in [0.2, 0.25) is 0 Å². The summed E-state index contributed by atoms with van der Waals surface area (Å²) in [7, 11) is 0. The van der Waals surface area contributed by atoms with Crippen molar-refractivity contribution in [3.8, 4) is 0 Å². The first-order chi connectivity index (χ1) is 12.1. The lowest BCUT2D eigenvalue weighted by Crippen LogP contribution is -2.10. The van der Waals surface area contributed by atoms with Crippen molar-refractivity contribution in [2.75, 3.05) is 11.9 Å². The fraction of sp³-hybridized carbons (Fsp3) is 0.200. The number of carbonyl (C=O) groups excluding carboxylic acids is 2. The van der Waals surface area contributed by atoms with E-state index in [4.69, 9.17) is 4.74 Å². The van der Waals surface area contributed by atoms with E-state index < -0.39 is 5.97 Å². The molecule has 0 saturated carbocycles. The lowest BCUT2D eigenvalue weighted by Gasteiger charge is -2.06. The minimum absolute atomic E-state index is 0.329. The van der Waals surface area contributed by atoms with Crippen LogP contribution in [0.15, 0.2) is 54.6 Å². The average Bonchev–Trinajstić information content (AvgIpc) is 2.61. The molecule has 1 amide bonds. The Hall–Kier alpha value is -2.95. The maximum atomic E-state index is 12.8. The van der Waals surface area contributed by atoms with Crippen LogP contribution in [0.3, 0.4) is 0 Å². The molecule has 0 aliphatic heterocycles. The van der Waals surface area contributed by atoms with Gasteiger partial charge in [0.05, 0.1) is 12.2 Å². The van der Waals surface area contributed by atoms with E-state index in [1.54, 1.807) is 42.5 Å². The fourth-order valence-electron chi connectivity index (χ4n) is 2.05. The molecule has 0 spiro atoms. The van der Waals surface area contributed by atoms with Crippen molar-refractivity contribution in [1.82, 2.24) is 0 Å². The first kappa shape index (κ1) is 18.4. The number of hydrogen-bond donors (Lipinski definition) is 1. The van der Waals surface area contributed by atoms with Crippen LogP contribution in [-0.4, -0.2) is 18.5 Å². The topological polar surface area (TPSA) is 55.4 Å². The summed E-state index contributed by atoms with van der Waals surface area (Å²) in [5.74, 6) is -1.09. The number of halogens is 1. The second-order valence-electron chi connectivity index (χ2n) is 5.44. The maximum Gasteiger partial charge on any atom is 0.338 e. The number of rotatable bonds is 7. The van der Waals surface area contributed by atoms with Crippen LogP contribution < -0.4 is 5.32 Å². The van der Waals surface area contributed by atoms with E-state index in [9.17, 15) is 14.0 Å². The Morgan fingerprint density at radius 3 is 2.64 bits per heavy atom. The van der Waals surface area contributed by atoms with Gasteiger partial charge in [-0.2, -0.15) is 0 Å². The summed E-state index contributed by atoms with van der Waals surface area (Å²) in [6.07, 6.45) is 4.69. The second-order valence-corrected chi connectivity index (χ2v) is 5.44. The number of ether oxygens (including phenoxy) is 1. The molecule has 130 valence electrons. The third kappa shape index (κ3) is 6.22. The zero-order valence-corrected chi connectivity index (χ0v) is 14.0. The zero-order chi connectivity index (χ0) is 18.1. The number of nitrogens with one attached hydrogen (secondary N) is 1. The van der Waals surface area contributed by atoms with Gasteiger partial charge in [-0.25, -0.2) is 9.18 Å². The minimum atomic E-state index is -0.411. The molecule has 2 rings (SSSR count). The average molecular weight is 341 g/mol. The van der Waals surface area contributed by atoms with Crippen LogP contribution in [-0.2, 0) is 9.53 Å². The van der Waals surface area contributed by atoms with Crippen LogP contribution in [0.1, 0.15) is 35.7 Å². The van der Waals surface area contributed by atoms with Gasteiger partial charge >= 0.3 is 5.97 Å². The molecular weight excluding hydrogens is 321 g/mol. The van der Waals surface area contributed by atoms with Crippen LogP contribution in [0, 0.1) is 5.82 Å². The van der Waals surface area contributed by atoms with Crippen LogP contribution in [0.5, 0.6) is 0 Å². The van der Waals surface area contributed by atoms with E-state index >= 15 is 0 Å². The van der Waals surface area contributed by atoms with Crippen molar-refractivity contribution in [2.24, 2.45) is 0 Å². The molecule has 0 aliphatic carbocycles. The third-order valence-electron chi connectivity index (χ3n) is 3.39. The molecule has 2 aromatic carbocycles. The Kier molecular flexibility index (Phi) is 6.89. The number of benzene rings is 2. The van der Waals surface area contributed by atoms with Crippen LogP contribution in [0.4, 0.5) is 10.1 Å². The molecule has 0 unspecified atom stereocenters. The summed E-state index contributed by atoms with van der Waals surface area (Å²) < 4.78 is 18.0. The normalized spacial score (nSPS) is 10.6. The van der Waals surface area contributed by atoms with E-state index in [1.807, 2.05) is 6.92 Å². The van der Waals surface area contributed by atoms with Crippen LogP contribution in [0.25, 0.3) is 6.08 Å². The molecule has 5 heteroatoms. The van der Waals surface area contributed by atoms with Crippen molar-refractivity contribution in [2.45, 2.75) is 19.8 Å². The van der Waals surface area contributed by atoms with Gasteiger partial charge in [0.1, 0.15) is 5.82 Å². The van der Waals surface area contributed by atoms with Crippen molar-refractivity contribution in [3.05, 3.63) is 71.6 Å². The largest absolute Gasteiger partial charge is 0.462 e. The monoisotopic (exact) mass is 341 g/mol. The van der Waals surface area contributed by atoms with Crippen molar-refractivity contribution in [1.29, 1.82) is 0 Å². The Morgan fingerprint density at radius 1 is 1.16 bits per heavy atom. The molecule has 0 atom stereocenters. The summed E-state index contributed by atoms with van der Waals surface area (Å²) in [5.41, 5.74) is 1.60. The standard InChI is InChI=1S/C20H20FNO3/c1-2-3-13-25-20(24)16-5-4-6-18(14-16)22-19(23)12-9-15-7-10-17(21)11-8-15/h4-12,14H,2-3,13H2,1H3,(H,22,23)/b12-9+. The van der Waals surface area contributed by atoms with Gasteiger partial charge in [0, 0.05) is 11.8 Å². The highest BCUT2D eigenvalue weighted by atomic mass is 19.1. The Balaban J connectivity index is 1.95. The van der Waals surface area contributed by atoms with Crippen molar-refractivity contribution >= 4 is 23.6 Å². The highest BCUT2D eigenvalue weighted by Crippen LogP contribution is 2.12. The van der Waals surface area contributed by atoms with E-state index in [0.717, 1.165) is 12.8 Å². The summed E-state index contributed by atoms with van der Waals surface area (Å²) >= 11 is 0. The molecule has 25 heavy (non-hydrogen) atoms. The predicted molar refractivity (Wildman–Crippen MR) is 95.7 cm³/mol. The van der Waals surface area contributed by atoms with Gasteiger partial charge < -0.3 is 10.1 Å². The van der Waals surface area contributed by atoms with Gasteiger partial charge in [-0.1, -0.05) is 31.5 Å². The number of esters is 1. The Labute approximate surface area is 146 Å². The third-order valence-corrected chi connectivity index (χ3v) is 3.39. The summed E-state index contributed by atoms with van der Waals surface area (Å²) in [6.45, 7) is 2.40. The highest BCUT2D eigenvalue weighted by molar-refractivity contribution is 6.02. The Morgan fingerprint density at radius 2 is 1.92 bits per heavy atom. The quantitative estimate of drug-likeness (QED) is 0.460. The number of unbranched alkanes of at least 4 members (excludes halogenated alkanes) is 1. The SMILES string of the molecule is CCCCOC(=O)c1cccc(NC(=O)/C=C/c2ccc(F)cc2)c1. The first-order valence-corrected chi connectivity index (χ1v) is 8.10. The lowest BCUT2D eigenvalue weighted by atomic mass is 10.2. The van der Waals surface area contributed by atoms with Gasteiger partial charge in [0.2, 0.25) is 5.91 Å². The summed E-state index contributed by atoms with van der Waals surface area (Å²) in [6, 6.07) is 12.4. The number of anilines is 1. The van der Waals surface area contributed by atoms with Gasteiger partial charge in [-0.05, 0) is 48.4 Å². The molecular formula is C20H20FNO3. The summed E-state index contributed by atoms with van der Waals surface area (Å²) in [4.78, 5) is 23.9. The smallest absolute Gasteiger partial charge is 0.338 e. The van der Waals surface area contributed by atoms with Gasteiger partial charge in [0.15, 0.2) is 0 Å². The molecule has 0 radical (unpaired) electrons.